The van der Waals surface area contributed by atoms with Gasteiger partial charge in [0.15, 0.2) is 0 Å². The van der Waals surface area contributed by atoms with E-state index in [1.54, 1.807) is 0 Å². The van der Waals surface area contributed by atoms with E-state index in [-0.39, 0.29) is 0 Å². The van der Waals surface area contributed by atoms with E-state index < -0.39 is 0 Å². The van der Waals surface area contributed by atoms with E-state index >= 15 is 0 Å². The van der Waals surface area contributed by atoms with Crippen LogP contribution in [0.15, 0.2) is 0 Å². The molecule has 1 rings (SSSR count). The van der Waals surface area contributed by atoms with Crippen LogP contribution in [-0.2, 0) is 12.6 Å². The molecule has 0 aromatic heterocycles. The Hall–Kier alpha value is 0.110. The van der Waals surface area contributed by atoms with Gasteiger partial charge in [0.2, 0.25) is 0 Å². The average molecular weight is 202 g/mol. The van der Waals surface area contributed by atoms with Gasteiger partial charge >= 0.3 is 0 Å². The number of nitrogens with zero attached hydrogens (tertiary/aromatic N) is 1. The minimum absolute atomic E-state index is 0.647. The fourth-order valence-corrected chi connectivity index (χ4v) is 2.49. The molecule has 0 heterocycles. The minimum Gasteiger partial charge on any atom is -0.411 e. The van der Waals surface area contributed by atoms with Gasteiger partial charge in [0.1, 0.15) is 0 Å². The highest BCUT2D eigenvalue weighted by Gasteiger charge is 2.17. The molecule has 3 heteroatoms. The van der Waals surface area contributed by atoms with Crippen molar-refractivity contribution in [3.63, 3.8) is 0 Å². The summed E-state index contributed by atoms with van der Waals surface area (Å²) in [6.07, 6.45) is 6.64. The molecule has 0 spiro atoms. The van der Waals surface area contributed by atoms with E-state index in [4.69, 9.17) is 24.8 Å². The molecular formula is C9H16NS2-. The minimum atomic E-state index is 0.647. The lowest BCUT2D eigenvalue weighted by atomic mass is 9.94. The highest BCUT2D eigenvalue weighted by Crippen LogP contribution is 2.22. The van der Waals surface area contributed by atoms with Gasteiger partial charge in [-0.1, -0.05) is 23.6 Å². The number of hydrogen-bond donors (Lipinski definition) is 0. The van der Waals surface area contributed by atoms with Gasteiger partial charge in [0.05, 0.1) is 0 Å². The Kier molecular flexibility index (Phi) is 4.22. The van der Waals surface area contributed by atoms with Crippen LogP contribution in [0.2, 0.25) is 0 Å². The lowest BCUT2D eigenvalue weighted by molar-refractivity contribution is 0.259. The van der Waals surface area contributed by atoms with Gasteiger partial charge in [0.25, 0.3) is 0 Å². The zero-order chi connectivity index (χ0) is 8.97. The first-order chi connectivity index (χ1) is 5.75. The van der Waals surface area contributed by atoms with Crippen molar-refractivity contribution in [2.75, 3.05) is 6.54 Å². The van der Waals surface area contributed by atoms with Crippen molar-refractivity contribution >= 4 is 29.2 Å². The van der Waals surface area contributed by atoms with E-state index in [9.17, 15) is 0 Å². The van der Waals surface area contributed by atoms with Crippen LogP contribution in [0, 0.1) is 0 Å². The van der Waals surface area contributed by atoms with Crippen LogP contribution in [0.3, 0.4) is 0 Å². The van der Waals surface area contributed by atoms with Gasteiger partial charge in [-0.05, 0) is 19.8 Å². The molecule has 1 nitrogen and oxygen atoms in total. The zero-order valence-electron chi connectivity index (χ0n) is 7.58. The molecule has 0 atom stereocenters. The Balaban J connectivity index is 2.46. The van der Waals surface area contributed by atoms with Crippen LogP contribution in [0.4, 0.5) is 0 Å². The lowest BCUT2D eigenvalue weighted by Crippen LogP contribution is -2.39. The predicted molar refractivity (Wildman–Crippen MR) is 59.2 cm³/mol. The predicted octanol–water partition coefficient (Wildman–Crippen LogP) is 2.47. The van der Waals surface area contributed by atoms with E-state index in [0.717, 1.165) is 6.54 Å². The van der Waals surface area contributed by atoms with E-state index in [1.165, 1.54) is 32.1 Å². The van der Waals surface area contributed by atoms with Crippen molar-refractivity contribution in [2.45, 2.75) is 45.1 Å². The van der Waals surface area contributed by atoms with E-state index in [2.05, 4.69) is 11.8 Å². The van der Waals surface area contributed by atoms with Gasteiger partial charge in [0, 0.05) is 12.6 Å². The summed E-state index contributed by atoms with van der Waals surface area (Å²) in [6.45, 7) is 3.11. The van der Waals surface area contributed by atoms with Gasteiger partial charge in [-0.2, -0.15) is 0 Å². The Morgan fingerprint density at radius 2 is 2.00 bits per heavy atom. The maximum atomic E-state index is 5.04. The van der Waals surface area contributed by atoms with Crippen LogP contribution >= 0.6 is 12.2 Å². The second kappa shape index (κ2) is 4.97. The summed E-state index contributed by atoms with van der Waals surface area (Å²) >= 11 is 10.1. The monoisotopic (exact) mass is 202 g/mol. The molecule has 0 unspecified atom stereocenters. The first-order valence-corrected chi connectivity index (χ1v) is 5.55. The van der Waals surface area contributed by atoms with E-state index in [0.29, 0.717) is 10.4 Å². The fraction of sp³-hybridized carbons (Fsp3) is 0.889. The molecule has 1 fully saturated rings. The van der Waals surface area contributed by atoms with Gasteiger partial charge < -0.3 is 29.7 Å². The molecule has 0 radical (unpaired) electrons. The topological polar surface area (TPSA) is 3.24 Å². The quantitative estimate of drug-likeness (QED) is 0.500. The van der Waals surface area contributed by atoms with Crippen LogP contribution in [-0.4, -0.2) is 21.8 Å². The molecule has 12 heavy (non-hydrogen) atoms. The SMILES string of the molecule is CCN(C(=S)[S-])C1CCCCC1. The third-order valence-electron chi connectivity index (χ3n) is 2.59. The van der Waals surface area contributed by atoms with Crippen LogP contribution in [0.1, 0.15) is 39.0 Å². The second-order valence-corrected chi connectivity index (χ2v) is 4.38. The summed E-state index contributed by atoms with van der Waals surface area (Å²) < 4.78 is 0.657. The Morgan fingerprint density at radius 1 is 1.42 bits per heavy atom. The van der Waals surface area contributed by atoms with Gasteiger partial charge in [-0.25, -0.2) is 0 Å². The highest BCUT2D eigenvalue weighted by molar-refractivity contribution is 8.00. The van der Waals surface area contributed by atoms with Gasteiger partial charge in [-0.15, -0.1) is 0 Å². The summed E-state index contributed by atoms with van der Waals surface area (Å²) in [6, 6.07) is 0.647. The molecule has 0 aliphatic heterocycles. The summed E-state index contributed by atoms with van der Waals surface area (Å²) in [5.41, 5.74) is 0. The molecule has 1 aliphatic rings. The molecule has 1 saturated carbocycles. The maximum Gasteiger partial charge on any atom is 0.0274 e. The molecule has 1 aliphatic carbocycles. The summed E-state index contributed by atoms with van der Waals surface area (Å²) in [5, 5.41) is 0. The average Bonchev–Trinajstić information content (AvgIpc) is 2.07. The largest absolute Gasteiger partial charge is 0.411 e. The van der Waals surface area contributed by atoms with Crippen LogP contribution < -0.4 is 0 Å². The molecule has 0 aromatic rings. The fourth-order valence-electron chi connectivity index (χ4n) is 1.93. The third kappa shape index (κ3) is 2.56. The summed E-state index contributed by atoms with van der Waals surface area (Å²) in [4.78, 5) is 2.20. The molecule has 0 aromatic carbocycles. The molecule has 0 bridgehead atoms. The maximum absolute atomic E-state index is 5.04. The van der Waals surface area contributed by atoms with Crippen molar-refractivity contribution in [3.8, 4) is 0 Å². The molecule has 70 valence electrons. The van der Waals surface area contributed by atoms with Crippen molar-refractivity contribution in [3.05, 3.63) is 0 Å². The van der Waals surface area contributed by atoms with Crippen molar-refractivity contribution in [2.24, 2.45) is 0 Å². The lowest BCUT2D eigenvalue weighted by Gasteiger charge is -2.37. The third-order valence-corrected chi connectivity index (χ3v) is 3.06. The summed E-state index contributed by atoms with van der Waals surface area (Å²) in [7, 11) is 0. The van der Waals surface area contributed by atoms with Crippen molar-refractivity contribution < 1.29 is 0 Å². The molecule has 0 saturated heterocycles. The molecular weight excluding hydrogens is 186 g/mol. The Labute approximate surface area is 85.9 Å². The highest BCUT2D eigenvalue weighted by atomic mass is 32.1. The standard InChI is InChI=1S/C9H17NS2/c1-2-10(9(11)12)8-6-4-3-5-7-8/h8H,2-7H2,1H3,(H,11,12)/p-1. The second-order valence-electron chi connectivity index (χ2n) is 3.34. The smallest absolute Gasteiger partial charge is 0.0274 e. The number of hydrogen-bond acceptors (Lipinski definition) is 2. The Bertz CT molecular complexity index is 153. The zero-order valence-corrected chi connectivity index (χ0v) is 9.22. The van der Waals surface area contributed by atoms with Gasteiger partial charge in [-0.3, -0.25) is 0 Å². The normalized spacial score (nSPS) is 19.1. The van der Waals surface area contributed by atoms with Crippen LogP contribution in [0.5, 0.6) is 0 Å². The number of thiocarbonyl (C=S) groups is 1. The molecule has 0 amide bonds. The Morgan fingerprint density at radius 3 is 2.42 bits per heavy atom. The van der Waals surface area contributed by atoms with E-state index in [1.807, 2.05) is 0 Å². The van der Waals surface area contributed by atoms with Crippen molar-refractivity contribution in [1.82, 2.24) is 4.90 Å². The first-order valence-electron chi connectivity index (χ1n) is 4.73. The van der Waals surface area contributed by atoms with Crippen LogP contribution in [0.25, 0.3) is 0 Å². The first kappa shape index (κ1) is 10.2. The van der Waals surface area contributed by atoms with Crippen molar-refractivity contribution in [1.29, 1.82) is 0 Å². The number of rotatable bonds is 2. The summed E-state index contributed by atoms with van der Waals surface area (Å²) in [5.74, 6) is 0. The molecule has 0 N–H and O–H groups in total.